The average Bonchev–Trinajstić information content (AvgIpc) is 3.21. The van der Waals surface area contributed by atoms with E-state index in [0.29, 0.717) is 11.8 Å². The number of nitrogens with zero attached hydrogens (tertiary/aromatic N) is 1. The van der Waals surface area contributed by atoms with Crippen LogP contribution in [0.4, 0.5) is 0 Å². The zero-order valence-corrected chi connectivity index (χ0v) is 25.5. The summed E-state index contributed by atoms with van der Waals surface area (Å²) in [5.41, 5.74) is 4.19. The molecule has 32 heavy (non-hydrogen) atoms. The molecule has 0 aromatic rings. The largest absolute Gasteiger partial charge is 0.272 e. The van der Waals surface area contributed by atoms with Gasteiger partial charge in [-0.05, 0) is 76.6 Å². The second kappa shape index (κ2) is 20.3. The summed E-state index contributed by atoms with van der Waals surface area (Å²) in [6, 6.07) is 0. The zero-order chi connectivity index (χ0) is 23.7. The van der Waals surface area contributed by atoms with Crippen molar-refractivity contribution in [1.29, 1.82) is 0 Å². The van der Waals surface area contributed by atoms with Gasteiger partial charge < -0.3 is 0 Å². The van der Waals surface area contributed by atoms with Crippen molar-refractivity contribution in [3.63, 3.8) is 0 Å². The molecular weight excluding hydrogens is 441 g/mol. The van der Waals surface area contributed by atoms with Crippen LogP contribution in [-0.2, 0) is 21.7 Å². The maximum absolute atomic E-state index is 5.33. The summed E-state index contributed by atoms with van der Waals surface area (Å²) in [5, 5.41) is 0. The maximum atomic E-state index is 5.33. The molecule has 1 aliphatic rings. The summed E-state index contributed by atoms with van der Waals surface area (Å²) in [6.07, 6.45) is 24.6. The summed E-state index contributed by atoms with van der Waals surface area (Å²) in [5.74, 6) is 1.31. The first-order valence-electron chi connectivity index (χ1n) is 13.0. The first kappa shape index (κ1) is 34.1. The normalized spacial score (nSPS) is 14.3. The van der Waals surface area contributed by atoms with Gasteiger partial charge in [0, 0.05) is 33.8 Å². The molecular formula is C29H54NPTi. The van der Waals surface area contributed by atoms with Gasteiger partial charge in [-0.2, -0.15) is 0 Å². The molecule has 0 aliphatic heterocycles. The van der Waals surface area contributed by atoms with Crippen molar-refractivity contribution < 1.29 is 21.7 Å². The molecule has 0 amide bonds. The number of hydrogen-bond donors (Lipinski definition) is 0. The second-order valence-corrected chi connectivity index (χ2v) is 13.6. The standard InChI is InChI=1S/C17H32NP.C12H22.Ti/c1-4-7-14-19(15-8-5-2,16-9-6-3)18-17-12-10-11-13-17;1-9(2)7-11(5)12(6)8-10(3)4;/h10-12H,4-9,13-16H2,1-3H3;7-10H,1-6H3;. The van der Waals surface area contributed by atoms with E-state index in [1.165, 1.54) is 73.9 Å². The molecule has 0 aromatic heterocycles. The maximum Gasteiger partial charge on any atom is 0.0425 e. The smallest absolute Gasteiger partial charge is 0.0425 e. The molecule has 0 fully saturated rings. The third-order valence-electron chi connectivity index (χ3n) is 5.66. The third kappa shape index (κ3) is 16.5. The van der Waals surface area contributed by atoms with Crippen LogP contribution in [0.25, 0.3) is 0 Å². The van der Waals surface area contributed by atoms with E-state index in [0.717, 1.165) is 6.42 Å². The van der Waals surface area contributed by atoms with E-state index in [9.17, 15) is 0 Å². The van der Waals surface area contributed by atoms with Crippen LogP contribution in [0.1, 0.15) is 107 Å². The van der Waals surface area contributed by atoms with Gasteiger partial charge in [-0.15, -0.1) is 0 Å². The predicted octanol–water partition coefficient (Wildman–Crippen LogP) is 10.6. The minimum atomic E-state index is -1.08. The van der Waals surface area contributed by atoms with Crippen molar-refractivity contribution in [3.8, 4) is 0 Å². The molecule has 0 radical (unpaired) electrons. The first-order valence-corrected chi connectivity index (χ1v) is 15.3. The molecule has 3 heteroatoms. The third-order valence-corrected chi connectivity index (χ3v) is 9.79. The van der Waals surface area contributed by atoms with Crippen LogP contribution in [0.15, 0.2) is 52.0 Å². The Morgan fingerprint density at radius 1 is 0.844 bits per heavy atom. The van der Waals surface area contributed by atoms with Crippen LogP contribution >= 0.6 is 7.05 Å². The van der Waals surface area contributed by atoms with E-state index in [1.807, 2.05) is 0 Å². The van der Waals surface area contributed by atoms with E-state index in [-0.39, 0.29) is 21.7 Å². The fourth-order valence-corrected chi connectivity index (χ4v) is 8.27. The fourth-order valence-electron chi connectivity index (χ4n) is 3.89. The fraction of sp³-hybridized carbons (Fsp3) is 0.724. The molecule has 0 aromatic carbocycles. The number of hydrogen-bond acceptors (Lipinski definition) is 1. The Labute approximate surface area is 217 Å². The summed E-state index contributed by atoms with van der Waals surface area (Å²) < 4.78 is 5.33. The molecule has 0 bridgehead atoms. The molecule has 0 N–H and O–H groups in total. The van der Waals surface area contributed by atoms with E-state index in [4.69, 9.17) is 4.74 Å². The van der Waals surface area contributed by atoms with Crippen LogP contribution in [0, 0.1) is 11.8 Å². The molecule has 0 heterocycles. The SMILES string of the molecule is CC(=CC(C)C)C(C)=CC(C)C.CCCCP(CCCC)(CCCC)=NC1=CC=CC1.[Ti]. The summed E-state index contributed by atoms with van der Waals surface area (Å²) in [7, 11) is -1.08. The second-order valence-electron chi connectivity index (χ2n) is 9.90. The number of rotatable bonds is 13. The molecule has 1 nitrogen and oxygen atoms in total. The summed E-state index contributed by atoms with van der Waals surface area (Å²) in [4.78, 5) is 0. The van der Waals surface area contributed by atoms with Gasteiger partial charge >= 0.3 is 0 Å². The summed E-state index contributed by atoms with van der Waals surface area (Å²) >= 11 is 0. The minimum Gasteiger partial charge on any atom is -0.272 e. The Bertz CT molecular complexity index is 600. The van der Waals surface area contributed by atoms with E-state index >= 15 is 0 Å². The van der Waals surface area contributed by atoms with Gasteiger partial charge in [0.25, 0.3) is 0 Å². The van der Waals surface area contributed by atoms with Crippen molar-refractivity contribution in [2.24, 2.45) is 16.6 Å². The molecule has 0 saturated heterocycles. The van der Waals surface area contributed by atoms with E-state index in [1.54, 1.807) is 0 Å². The molecule has 1 aliphatic carbocycles. The van der Waals surface area contributed by atoms with Gasteiger partial charge in [0.15, 0.2) is 0 Å². The van der Waals surface area contributed by atoms with Gasteiger partial charge in [-0.1, -0.05) is 103 Å². The van der Waals surface area contributed by atoms with Crippen LogP contribution in [0.5, 0.6) is 0 Å². The van der Waals surface area contributed by atoms with Crippen LogP contribution in [0.2, 0.25) is 0 Å². The van der Waals surface area contributed by atoms with Crippen molar-refractivity contribution in [2.45, 2.75) is 107 Å². The number of allylic oxidation sites excluding steroid dienone is 7. The molecule has 0 saturated carbocycles. The monoisotopic (exact) mass is 495 g/mol. The van der Waals surface area contributed by atoms with Crippen LogP contribution in [-0.4, -0.2) is 18.5 Å². The molecule has 0 unspecified atom stereocenters. The van der Waals surface area contributed by atoms with Crippen molar-refractivity contribution in [1.82, 2.24) is 0 Å². The van der Waals surface area contributed by atoms with Gasteiger partial charge in [-0.25, -0.2) is 0 Å². The summed E-state index contributed by atoms with van der Waals surface area (Å²) in [6.45, 7) is 20.2. The van der Waals surface area contributed by atoms with Crippen LogP contribution < -0.4 is 0 Å². The molecule has 0 spiro atoms. The van der Waals surface area contributed by atoms with Gasteiger partial charge in [0.2, 0.25) is 0 Å². The van der Waals surface area contributed by atoms with Gasteiger partial charge in [0.05, 0.1) is 0 Å². The van der Waals surface area contributed by atoms with Gasteiger partial charge in [0.1, 0.15) is 0 Å². The minimum absolute atomic E-state index is 0. The van der Waals surface area contributed by atoms with E-state index < -0.39 is 7.05 Å². The van der Waals surface area contributed by atoms with Crippen molar-refractivity contribution in [3.05, 3.63) is 47.2 Å². The Balaban J connectivity index is 0. The Hall–Kier alpha value is -0.0957. The Kier molecular flexibility index (Phi) is 21.6. The molecule has 1 rings (SSSR count). The Morgan fingerprint density at radius 2 is 1.25 bits per heavy atom. The predicted molar refractivity (Wildman–Crippen MR) is 148 cm³/mol. The average molecular weight is 496 g/mol. The zero-order valence-electron chi connectivity index (χ0n) is 23.0. The Morgan fingerprint density at radius 3 is 1.53 bits per heavy atom. The quantitative estimate of drug-likeness (QED) is 0.137. The first-order chi connectivity index (χ1) is 14.7. The van der Waals surface area contributed by atoms with Crippen molar-refractivity contribution in [2.75, 3.05) is 18.5 Å². The van der Waals surface area contributed by atoms with E-state index in [2.05, 4.69) is 92.7 Å². The van der Waals surface area contributed by atoms with Crippen LogP contribution in [0.3, 0.4) is 0 Å². The number of unbranched alkanes of at least 4 members (excludes halogenated alkanes) is 3. The van der Waals surface area contributed by atoms with Gasteiger partial charge in [-0.3, -0.25) is 4.74 Å². The topological polar surface area (TPSA) is 12.4 Å². The van der Waals surface area contributed by atoms with Crippen molar-refractivity contribution >= 4 is 7.05 Å². The molecule has 184 valence electrons. The molecule has 0 atom stereocenters.